The van der Waals surface area contributed by atoms with E-state index in [1.54, 1.807) is 5.57 Å². The van der Waals surface area contributed by atoms with Crippen molar-refractivity contribution in [3.05, 3.63) is 11.6 Å². The standard InChI is InChI=1S/C31H48O4/c1-26(2)16-20-19-8-9-22-28(4)12-11-24-29(5,18-34-25(33)35-24)21(28)10-13-31(22,7)30(19,6)15-14-27(20,3)23(32)17-26/h8,20-24,32H,9-18H2,1-7H3. The normalized spacial score (nSPS) is 56.6. The molecule has 6 aliphatic rings. The van der Waals surface area contributed by atoms with Gasteiger partial charge in [0.2, 0.25) is 0 Å². The largest absolute Gasteiger partial charge is 0.508 e. The molecule has 5 fully saturated rings. The number of carbonyl (C=O) groups excluding carboxylic acids is 1. The van der Waals surface area contributed by atoms with Gasteiger partial charge in [-0.25, -0.2) is 4.79 Å². The number of cyclic esters (lactones) is 1. The molecule has 10 atom stereocenters. The number of hydrogen-bond donors (Lipinski definition) is 1. The SMILES string of the molecule is CC1(C)CC(O)C2(C)CCC3(C)C(=CCC4C5(C)CCC6OC(=O)OCC6(C)C5CCC43C)C2C1. The number of carbonyl (C=O) groups is 1. The first-order valence-corrected chi connectivity index (χ1v) is 14.4. The summed E-state index contributed by atoms with van der Waals surface area (Å²) in [4.78, 5) is 11.9. The maximum absolute atomic E-state index is 11.9. The van der Waals surface area contributed by atoms with Gasteiger partial charge in [-0.2, -0.15) is 0 Å². The van der Waals surface area contributed by atoms with Crippen molar-refractivity contribution >= 4 is 6.16 Å². The van der Waals surface area contributed by atoms with E-state index in [-0.39, 0.29) is 44.7 Å². The maximum Gasteiger partial charge on any atom is 0.508 e. The number of hydrogen-bond acceptors (Lipinski definition) is 4. The summed E-state index contributed by atoms with van der Waals surface area (Å²) in [7, 11) is 0. The molecule has 0 aromatic heterocycles. The van der Waals surface area contributed by atoms with Gasteiger partial charge in [0.15, 0.2) is 0 Å². The van der Waals surface area contributed by atoms with Gasteiger partial charge in [0.05, 0.1) is 6.10 Å². The van der Waals surface area contributed by atoms with Crippen molar-refractivity contribution in [3.63, 3.8) is 0 Å². The second-order valence-electron chi connectivity index (χ2n) is 15.6. The molecular formula is C31H48O4. The Balaban J connectivity index is 1.40. The fourth-order valence-electron chi connectivity index (χ4n) is 11.2. The maximum atomic E-state index is 11.9. The molecular weight excluding hydrogens is 436 g/mol. The summed E-state index contributed by atoms with van der Waals surface area (Å²) in [6.07, 6.45) is 12.1. The van der Waals surface area contributed by atoms with Crippen molar-refractivity contribution in [1.82, 2.24) is 0 Å². The van der Waals surface area contributed by atoms with E-state index in [1.807, 2.05) is 0 Å². The first-order chi connectivity index (χ1) is 16.2. The molecule has 0 aromatic rings. The van der Waals surface area contributed by atoms with Crippen LogP contribution in [0.3, 0.4) is 0 Å². The van der Waals surface area contributed by atoms with Gasteiger partial charge in [-0.3, -0.25) is 0 Å². The molecule has 0 spiro atoms. The first kappa shape index (κ1) is 24.3. The van der Waals surface area contributed by atoms with Crippen LogP contribution in [0.4, 0.5) is 4.79 Å². The van der Waals surface area contributed by atoms with Crippen molar-refractivity contribution in [3.8, 4) is 0 Å². The highest BCUT2D eigenvalue weighted by atomic mass is 16.7. The lowest BCUT2D eigenvalue weighted by Gasteiger charge is -2.72. The number of ether oxygens (including phenoxy) is 2. The second-order valence-corrected chi connectivity index (χ2v) is 15.6. The molecule has 1 saturated heterocycles. The van der Waals surface area contributed by atoms with Crippen LogP contribution in [0.5, 0.6) is 0 Å². The molecule has 4 saturated carbocycles. The van der Waals surface area contributed by atoms with Crippen LogP contribution in [0, 0.1) is 50.2 Å². The van der Waals surface area contributed by atoms with Crippen molar-refractivity contribution in [1.29, 1.82) is 0 Å². The second kappa shape index (κ2) is 7.08. The molecule has 0 radical (unpaired) electrons. The summed E-state index contributed by atoms with van der Waals surface area (Å²) < 4.78 is 11.3. The third-order valence-electron chi connectivity index (χ3n) is 13.6. The summed E-state index contributed by atoms with van der Waals surface area (Å²) in [5.41, 5.74) is 2.47. The van der Waals surface area contributed by atoms with Gasteiger partial charge < -0.3 is 14.6 Å². The minimum atomic E-state index is -0.475. The average molecular weight is 485 g/mol. The molecule has 5 aliphatic carbocycles. The monoisotopic (exact) mass is 484 g/mol. The Morgan fingerprint density at radius 1 is 0.857 bits per heavy atom. The van der Waals surface area contributed by atoms with Crippen LogP contribution in [0.2, 0.25) is 0 Å². The Bertz CT molecular complexity index is 969. The Morgan fingerprint density at radius 3 is 2.34 bits per heavy atom. The van der Waals surface area contributed by atoms with Gasteiger partial charge in [-0.15, -0.1) is 0 Å². The Morgan fingerprint density at radius 2 is 1.60 bits per heavy atom. The molecule has 6 rings (SSSR count). The highest BCUT2D eigenvalue weighted by Gasteiger charge is 2.70. The molecule has 1 heterocycles. The molecule has 0 aromatic carbocycles. The van der Waals surface area contributed by atoms with E-state index in [0.717, 1.165) is 32.1 Å². The van der Waals surface area contributed by atoms with E-state index in [9.17, 15) is 9.90 Å². The van der Waals surface area contributed by atoms with E-state index in [1.165, 1.54) is 25.7 Å². The van der Waals surface area contributed by atoms with Crippen LogP contribution >= 0.6 is 0 Å². The van der Waals surface area contributed by atoms with Crippen LogP contribution < -0.4 is 0 Å². The lowest BCUT2D eigenvalue weighted by Crippen LogP contribution is -2.67. The van der Waals surface area contributed by atoms with Crippen LogP contribution in [0.25, 0.3) is 0 Å². The van der Waals surface area contributed by atoms with Gasteiger partial charge in [0, 0.05) is 10.8 Å². The van der Waals surface area contributed by atoms with Gasteiger partial charge in [0.1, 0.15) is 12.7 Å². The van der Waals surface area contributed by atoms with Crippen LogP contribution in [-0.2, 0) is 9.47 Å². The zero-order valence-electron chi connectivity index (χ0n) is 23.2. The predicted octanol–water partition coefficient (Wildman–Crippen LogP) is 7.29. The van der Waals surface area contributed by atoms with Gasteiger partial charge in [-0.05, 0) is 97.2 Å². The summed E-state index contributed by atoms with van der Waals surface area (Å²) in [6.45, 7) is 17.7. The average Bonchev–Trinajstić information content (AvgIpc) is 2.76. The zero-order valence-corrected chi connectivity index (χ0v) is 23.2. The van der Waals surface area contributed by atoms with Crippen LogP contribution in [0.15, 0.2) is 11.6 Å². The number of allylic oxidation sites excluding steroid dienone is 2. The first-order valence-electron chi connectivity index (χ1n) is 14.4. The molecule has 4 nitrogen and oxygen atoms in total. The van der Waals surface area contributed by atoms with E-state index in [4.69, 9.17) is 9.47 Å². The highest BCUT2D eigenvalue weighted by molar-refractivity contribution is 5.61. The molecule has 196 valence electrons. The highest BCUT2D eigenvalue weighted by Crippen LogP contribution is 2.76. The van der Waals surface area contributed by atoms with Crippen molar-refractivity contribution in [2.75, 3.05) is 6.61 Å². The minimum absolute atomic E-state index is 0.00203. The molecule has 4 heteroatoms. The van der Waals surface area contributed by atoms with E-state index < -0.39 is 6.16 Å². The fraction of sp³-hybridized carbons (Fsp3) is 0.903. The summed E-state index contributed by atoms with van der Waals surface area (Å²) in [6, 6.07) is 0. The third-order valence-corrected chi connectivity index (χ3v) is 13.6. The topological polar surface area (TPSA) is 55.8 Å². The lowest BCUT2D eigenvalue weighted by molar-refractivity contribution is -0.236. The summed E-state index contributed by atoms with van der Waals surface area (Å²) >= 11 is 0. The zero-order chi connectivity index (χ0) is 25.2. The molecule has 1 N–H and O–H groups in total. The minimum Gasteiger partial charge on any atom is -0.434 e. The fourth-order valence-corrected chi connectivity index (χ4v) is 11.2. The smallest absolute Gasteiger partial charge is 0.434 e. The van der Waals surface area contributed by atoms with Crippen LogP contribution in [-0.4, -0.2) is 30.1 Å². The molecule has 0 bridgehead atoms. The Hall–Kier alpha value is -1.03. The van der Waals surface area contributed by atoms with Crippen LogP contribution in [0.1, 0.15) is 106 Å². The number of aliphatic hydroxyl groups excluding tert-OH is 1. The van der Waals surface area contributed by atoms with Gasteiger partial charge in [0.25, 0.3) is 0 Å². The molecule has 1 aliphatic heterocycles. The van der Waals surface area contributed by atoms with Gasteiger partial charge in [-0.1, -0.05) is 60.1 Å². The van der Waals surface area contributed by atoms with Crippen molar-refractivity contribution in [2.45, 2.75) is 118 Å². The Kier molecular flexibility index (Phi) is 4.92. The van der Waals surface area contributed by atoms with E-state index >= 15 is 0 Å². The number of rotatable bonds is 0. The van der Waals surface area contributed by atoms with Gasteiger partial charge >= 0.3 is 6.16 Å². The summed E-state index contributed by atoms with van der Waals surface area (Å²) in [5, 5.41) is 11.3. The molecule has 10 unspecified atom stereocenters. The Labute approximate surface area is 212 Å². The number of aliphatic hydroxyl groups is 1. The van der Waals surface area contributed by atoms with Crippen molar-refractivity contribution in [2.24, 2.45) is 50.2 Å². The van der Waals surface area contributed by atoms with E-state index in [0.29, 0.717) is 24.4 Å². The third kappa shape index (κ3) is 2.93. The molecule has 35 heavy (non-hydrogen) atoms. The van der Waals surface area contributed by atoms with Crippen molar-refractivity contribution < 1.29 is 19.4 Å². The predicted molar refractivity (Wildman–Crippen MR) is 137 cm³/mol. The quantitative estimate of drug-likeness (QED) is 0.290. The summed E-state index contributed by atoms with van der Waals surface area (Å²) in [5.74, 6) is 1.63. The number of fused-ring (bicyclic) bond motifs is 9. The lowest BCUT2D eigenvalue weighted by atomic mass is 9.33. The van der Waals surface area contributed by atoms with E-state index in [2.05, 4.69) is 54.5 Å². The molecule has 0 amide bonds.